The van der Waals surface area contributed by atoms with Crippen molar-refractivity contribution in [2.45, 2.75) is 50.2 Å². The van der Waals surface area contributed by atoms with E-state index in [1.54, 1.807) is 6.07 Å². The number of anilines is 2. The number of aliphatic hydroxyl groups is 1. The first-order chi connectivity index (χ1) is 27.8. The van der Waals surface area contributed by atoms with Gasteiger partial charge in [0.15, 0.2) is 22.8 Å². The van der Waals surface area contributed by atoms with E-state index in [0.29, 0.717) is 48.9 Å². The molecule has 9 N–H and O–H groups in total. The number of nitrogens with zero attached hydrogens (tertiary/aromatic N) is 3. The van der Waals surface area contributed by atoms with Crippen LogP contribution in [0.5, 0.6) is 5.75 Å². The number of unbranched alkanes of at least 4 members (excludes halogenated alkanes) is 3. The van der Waals surface area contributed by atoms with Gasteiger partial charge < -0.3 is 45.7 Å². The fourth-order valence-electron chi connectivity index (χ4n) is 7.25. The molecule has 2 aromatic heterocycles. The van der Waals surface area contributed by atoms with E-state index in [0.717, 1.165) is 6.42 Å². The van der Waals surface area contributed by atoms with Crippen LogP contribution in [0.15, 0.2) is 68.6 Å². The van der Waals surface area contributed by atoms with Crippen molar-refractivity contribution in [3.63, 3.8) is 0 Å². The molecule has 1 amide bonds. The summed E-state index contributed by atoms with van der Waals surface area (Å²) in [5, 5.41) is 37.8. The molecule has 0 radical (unpaired) electrons. The minimum Gasteiger partial charge on any atom is -0.508 e. The van der Waals surface area contributed by atoms with Crippen LogP contribution in [0.2, 0.25) is 0 Å². The summed E-state index contributed by atoms with van der Waals surface area (Å²) in [4.78, 5) is 71.3. The number of nitrogens with one attached hydrogen (secondary N) is 3. The average molecular weight is 818 g/mol. The lowest BCUT2D eigenvalue weighted by Gasteiger charge is -2.27. The Kier molecular flexibility index (Phi) is 10.2. The molecule has 20 nitrogen and oxygen atoms in total. The number of carbonyl (C=O) groups is 2. The average Bonchev–Trinajstić information content (AvgIpc) is 3.69. The molecule has 2 saturated heterocycles. The molecule has 1 aliphatic carbocycles. The first kappa shape index (κ1) is 38.7. The number of aromatic amines is 1. The molecule has 1 unspecified atom stereocenters. The Morgan fingerprint density at radius 2 is 1.79 bits per heavy atom. The molecule has 302 valence electrons. The summed E-state index contributed by atoms with van der Waals surface area (Å²) in [7, 11) is -4.40. The SMILES string of the molecule is Nc1nc2c(nc(NCCCCCCNC(=O)c3ccc(C(=O)O)c(-c4c5ccc(=O)cc-5oc5cc(O)ccc45)c3)n2[C@@H]2O[C@@H]3COP(=O)(O)O[C@H]3[C@H]2O)c(=O)[nH]1. The van der Waals surface area contributed by atoms with Crippen LogP contribution in [0.4, 0.5) is 11.9 Å². The Labute approximate surface area is 326 Å². The van der Waals surface area contributed by atoms with E-state index in [1.165, 1.54) is 53.1 Å². The van der Waals surface area contributed by atoms with Gasteiger partial charge in [-0.3, -0.25) is 33.0 Å². The van der Waals surface area contributed by atoms with E-state index in [4.69, 9.17) is 23.9 Å². The van der Waals surface area contributed by atoms with Crippen LogP contribution in [0.1, 0.15) is 52.6 Å². The fraction of sp³-hybridized carbons (Fsp3) is 0.297. The van der Waals surface area contributed by atoms with E-state index in [2.05, 4.69) is 25.6 Å². The normalized spacial score (nSPS) is 21.7. The van der Waals surface area contributed by atoms with Crippen molar-refractivity contribution >= 4 is 53.7 Å². The second-order valence-corrected chi connectivity index (χ2v) is 15.2. The standard InChI is InChI=1S/C37H36N7O13P/c38-36-42-31-28(33(49)43-36)41-37(44(31)34-29(47)30-26(56-34)16-54-58(52,53)57-30)40-12-4-2-1-3-11-39-32(48)17-5-8-20(35(50)51)23(13-17)27-21-9-6-18(45)14-24(21)55-25-15-19(46)7-10-22(25)27/h5-10,13-15,26,29-30,34,45,47H,1-4,11-12,16H2,(H,39,48)(H,40,41)(H,50,51)(H,52,53)(H3,38,42,43,49)/t26-,29-,30-,34-/m1/s1. The van der Waals surface area contributed by atoms with Crippen LogP contribution in [0.3, 0.4) is 0 Å². The highest BCUT2D eigenvalue weighted by molar-refractivity contribution is 7.47. The van der Waals surface area contributed by atoms with Gasteiger partial charge in [0.25, 0.3) is 11.5 Å². The highest BCUT2D eigenvalue weighted by atomic mass is 31.2. The quantitative estimate of drug-likeness (QED) is 0.0500. The number of fused-ring (bicyclic) bond motifs is 4. The van der Waals surface area contributed by atoms with E-state index >= 15 is 0 Å². The van der Waals surface area contributed by atoms with Crippen LogP contribution < -0.4 is 27.4 Å². The van der Waals surface area contributed by atoms with Crippen molar-refractivity contribution < 1.29 is 52.6 Å². The van der Waals surface area contributed by atoms with E-state index in [1.807, 2.05) is 0 Å². The summed E-state index contributed by atoms with van der Waals surface area (Å²) in [6.45, 7) is 0.378. The molecule has 58 heavy (non-hydrogen) atoms. The molecular weight excluding hydrogens is 781 g/mol. The zero-order chi connectivity index (χ0) is 40.9. The summed E-state index contributed by atoms with van der Waals surface area (Å²) < 4.78 is 35.1. The number of aliphatic hydroxyl groups excluding tert-OH is 1. The van der Waals surface area contributed by atoms with Crippen LogP contribution in [0.25, 0.3) is 44.6 Å². The summed E-state index contributed by atoms with van der Waals surface area (Å²) in [6, 6.07) is 12.8. The third-order valence-corrected chi connectivity index (χ3v) is 10.9. The molecule has 5 atom stereocenters. The fourth-order valence-corrected chi connectivity index (χ4v) is 8.22. The molecule has 4 aromatic rings. The number of aromatic nitrogens is 4. The van der Waals surface area contributed by atoms with Crippen LogP contribution in [-0.2, 0) is 18.3 Å². The van der Waals surface area contributed by atoms with E-state index in [9.17, 15) is 44.0 Å². The second kappa shape index (κ2) is 15.3. The number of carbonyl (C=O) groups excluding carboxylic acids is 1. The summed E-state index contributed by atoms with van der Waals surface area (Å²) in [5.74, 6) is -1.62. The second-order valence-electron chi connectivity index (χ2n) is 13.8. The molecular formula is C37H36N7O13P. The van der Waals surface area contributed by atoms with Gasteiger partial charge in [-0.1, -0.05) is 12.8 Å². The molecule has 0 bridgehead atoms. The number of aromatic hydroxyl groups is 1. The van der Waals surface area contributed by atoms with E-state index in [-0.39, 0.29) is 68.9 Å². The number of amides is 1. The number of aromatic carboxylic acids is 1. The maximum atomic E-state index is 13.3. The minimum absolute atomic E-state index is 0.0131. The number of nitrogen functional groups attached to an aromatic ring is 1. The molecule has 5 heterocycles. The molecule has 21 heteroatoms. The molecule has 0 saturated carbocycles. The van der Waals surface area contributed by atoms with Crippen molar-refractivity contribution in [1.82, 2.24) is 24.8 Å². The number of nitrogens with two attached hydrogens (primary N) is 1. The number of benzene rings is 3. The number of ether oxygens (including phenoxy) is 1. The molecule has 8 rings (SSSR count). The Bertz CT molecular complexity index is 2730. The number of carboxylic acid groups (broad SMARTS) is 1. The van der Waals surface area contributed by atoms with Crippen molar-refractivity contribution in [1.29, 1.82) is 0 Å². The maximum Gasteiger partial charge on any atom is 0.472 e. The first-order valence-electron chi connectivity index (χ1n) is 18.1. The molecule has 2 aromatic carbocycles. The van der Waals surface area contributed by atoms with Crippen molar-refractivity contribution in [2.24, 2.45) is 0 Å². The monoisotopic (exact) mass is 817 g/mol. The largest absolute Gasteiger partial charge is 0.508 e. The third-order valence-electron chi connectivity index (χ3n) is 9.92. The number of rotatable bonds is 12. The topological polar surface area (TPSA) is 304 Å². The highest BCUT2D eigenvalue weighted by Gasteiger charge is 2.53. The summed E-state index contributed by atoms with van der Waals surface area (Å²) in [5.41, 5.74) is 6.25. The predicted molar refractivity (Wildman–Crippen MR) is 206 cm³/mol. The Morgan fingerprint density at radius 1 is 1.00 bits per heavy atom. The maximum absolute atomic E-state index is 13.3. The first-order valence-corrected chi connectivity index (χ1v) is 19.6. The van der Waals surface area contributed by atoms with Crippen LogP contribution in [-0.4, -0.2) is 89.6 Å². The molecule has 2 fully saturated rings. The number of hydrogen-bond acceptors (Lipinski definition) is 15. The minimum atomic E-state index is -4.40. The van der Waals surface area contributed by atoms with Crippen molar-refractivity contribution in [2.75, 3.05) is 30.7 Å². The van der Waals surface area contributed by atoms with Gasteiger partial charge in [-0.25, -0.2) is 14.3 Å². The number of phosphoric ester groups is 1. The predicted octanol–water partition coefficient (Wildman–Crippen LogP) is 3.16. The third kappa shape index (κ3) is 7.39. The lowest BCUT2D eigenvalue weighted by atomic mass is 9.89. The molecule has 0 spiro atoms. The van der Waals surface area contributed by atoms with Gasteiger partial charge in [0, 0.05) is 47.3 Å². The van der Waals surface area contributed by atoms with Gasteiger partial charge in [-0.2, -0.15) is 4.98 Å². The van der Waals surface area contributed by atoms with Gasteiger partial charge in [-0.05, 0) is 60.9 Å². The van der Waals surface area contributed by atoms with Gasteiger partial charge >= 0.3 is 13.8 Å². The van der Waals surface area contributed by atoms with Crippen LogP contribution >= 0.6 is 7.82 Å². The Morgan fingerprint density at radius 3 is 2.59 bits per heavy atom. The summed E-state index contributed by atoms with van der Waals surface area (Å²) >= 11 is 0. The van der Waals surface area contributed by atoms with Crippen molar-refractivity contribution in [3.05, 3.63) is 86.3 Å². The number of hydrogen-bond donors (Lipinski definition) is 8. The van der Waals surface area contributed by atoms with Crippen LogP contribution in [0, 0.1) is 0 Å². The number of imidazole rings is 1. The smallest absolute Gasteiger partial charge is 0.472 e. The van der Waals surface area contributed by atoms with Gasteiger partial charge in [0.05, 0.1) is 12.2 Å². The lowest BCUT2D eigenvalue weighted by Crippen LogP contribution is -2.39. The number of H-pyrrole nitrogens is 1. The molecule has 3 aliphatic heterocycles. The zero-order valence-electron chi connectivity index (χ0n) is 30.3. The Balaban J connectivity index is 0.909. The van der Waals surface area contributed by atoms with Gasteiger partial charge in [0.2, 0.25) is 11.9 Å². The number of phenols is 1. The number of carboxylic acids is 1. The number of phenolic OH excluding ortho intramolecular Hbond substituents is 1. The van der Waals surface area contributed by atoms with E-state index < -0.39 is 49.8 Å². The summed E-state index contributed by atoms with van der Waals surface area (Å²) in [6.07, 6.45) is -2.09. The number of phosphoric acid groups is 1. The zero-order valence-corrected chi connectivity index (χ0v) is 31.2. The lowest BCUT2D eigenvalue weighted by molar-refractivity contribution is -0.0659. The van der Waals surface area contributed by atoms with Crippen molar-refractivity contribution in [3.8, 4) is 28.2 Å². The van der Waals surface area contributed by atoms with Gasteiger partial charge in [-0.15, -0.1) is 0 Å². The Hall–Kier alpha value is -6.15. The molecule has 4 aliphatic rings. The highest BCUT2D eigenvalue weighted by Crippen LogP contribution is 2.53. The van der Waals surface area contributed by atoms with Gasteiger partial charge in [0.1, 0.15) is 35.4 Å².